The van der Waals surface area contributed by atoms with Gasteiger partial charge in [-0.1, -0.05) is 49.7 Å². The van der Waals surface area contributed by atoms with Crippen LogP contribution in [0.2, 0.25) is 0 Å². The average molecular weight is 374 g/mol. The zero-order chi connectivity index (χ0) is 19.8. The quantitative estimate of drug-likeness (QED) is 0.602. The lowest BCUT2D eigenvalue weighted by atomic mass is 9.99. The molecule has 1 aliphatic rings. The first-order valence-corrected chi connectivity index (χ1v) is 9.86. The topological polar surface area (TPSA) is 37.3 Å². The van der Waals surface area contributed by atoms with E-state index >= 15 is 0 Å². The van der Waals surface area contributed by atoms with Crippen molar-refractivity contribution in [3.05, 3.63) is 83.2 Å². The minimum atomic E-state index is -0.0601. The largest absolute Gasteiger partial charge is 0.322 e. The van der Waals surface area contributed by atoms with Crippen LogP contribution in [0, 0.1) is 19.8 Å². The molecule has 4 heteroatoms. The van der Waals surface area contributed by atoms with Gasteiger partial charge in [0.1, 0.15) is 0 Å². The van der Waals surface area contributed by atoms with Crippen molar-refractivity contribution in [1.29, 1.82) is 0 Å². The van der Waals surface area contributed by atoms with E-state index in [4.69, 9.17) is 0 Å². The number of carbonyl (C=O) groups is 1. The molecule has 2 aromatic carbocycles. The summed E-state index contributed by atoms with van der Waals surface area (Å²) >= 11 is 0. The molecule has 1 N–H and O–H groups in total. The molecule has 0 saturated heterocycles. The summed E-state index contributed by atoms with van der Waals surface area (Å²) in [6.45, 7) is 9.03. The number of hydrogen-bond donors (Lipinski definition) is 1. The molecule has 1 aliphatic heterocycles. The average Bonchev–Trinajstić information content (AvgIpc) is 3.07. The lowest BCUT2D eigenvalue weighted by Crippen LogP contribution is -2.39. The Morgan fingerprint density at radius 3 is 2.61 bits per heavy atom. The molecule has 1 aromatic heterocycles. The summed E-state index contributed by atoms with van der Waals surface area (Å²) in [6.07, 6.45) is 2.09. The van der Waals surface area contributed by atoms with Crippen LogP contribution in [-0.2, 0) is 6.54 Å². The maximum Gasteiger partial charge on any atom is 0.322 e. The van der Waals surface area contributed by atoms with Crippen LogP contribution in [-0.4, -0.2) is 15.5 Å². The van der Waals surface area contributed by atoms with Crippen molar-refractivity contribution < 1.29 is 4.79 Å². The molecule has 1 atom stereocenters. The van der Waals surface area contributed by atoms with Gasteiger partial charge in [0.2, 0.25) is 0 Å². The normalized spacial score (nSPS) is 15.8. The van der Waals surface area contributed by atoms with Crippen LogP contribution in [0.4, 0.5) is 10.5 Å². The van der Waals surface area contributed by atoms with Gasteiger partial charge in [-0.15, -0.1) is 0 Å². The Kier molecular flexibility index (Phi) is 4.71. The van der Waals surface area contributed by atoms with Crippen molar-refractivity contribution in [3.8, 4) is 5.69 Å². The molecule has 0 radical (unpaired) electrons. The van der Waals surface area contributed by atoms with Crippen LogP contribution in [0.1, 0.15) is 42.3 Å². The van der Waals surface area contributed by atoms with E-state index in [2.05, 4.69) is 73.3 Å². The molecule has 28 heavy (non-hydrogen) atoms. The molecule has 2 amide bonds. The smallest absolute Gasteiger partial charge is 0.318 e. The number of nitrogens with one attached hydrogen (secondary N) is 1. The van der Waals surface area contributed by atoms with E-state index in [0.717, 1.165) is 28.2 Å². The number of rotatable bonds is 2. The molecule has 0 bridgehead atoms. The molecule has 0 spiro atoms. The van der Waals surface area contributed by atoms with E-state index in [-0.39, 0.29) is 18.0 Å². The number of urea groups is 1. The SMILES string of the molecule is Cc1ccc(NC(=O)N2Cc3ccccc3-n3cccc3[C@H]2C(C)C)c(C)c1. The number of nitrogens with zero attached hydrogens (tertiary/aromatic N) is 2. The summed E-state index contributed by atoms with van der Waals surface area (Å²) in [5.41, 5.74) is 6.58. The van der Waals surface area contributed by atoms with Crippen molar-refractivity contribution in [2.24, 2.45) is 5.92 Å². The number of anilines is 1. The fourth-order valence-corrected chi connectivity index (χ4v) is 4.22. The highest BCUT2D eigenvalue weighted by molar-refractivity contribution is 5.90. The molecular weight excluding hydrogens is 346 g/mol. The third kappa shape index (κ3) is 3.19. The van der Waals surface area contributed by atoms with E-state index in [0.29, 0.717) is 6.54 Å². The Morgan fingerprint density at radius 1 is 1.07 bits per heavy atom. The molecular formula is C24H27N3O. The van der Waals surface area contributed by atoms with Crippen molar-refractivity contribution in [1.82, 2.24) is 9.47 Å². The second-order valence-corrected chi connectivity index (χ2v) is 8.00. The van der Waals surface area contributed by atoms with Crippen LogP contribution in [0.15, 0.2) is 60.8 Å². The van der Waals surface area contributed by atoms with Gasteiger partial charge in [0, 0.05) is 17.6 Å². The number of amides is 2. The Morgan fingerprint density at radius 2 is 1.86 bits per heavy atom. The Labute approximate surface area is 166 Å². The van der Waals surface area contributed by atoms with E-state index in [1.54, 1.807) is 0 Å². The lowest BCUT2D eigenvalue weighted by molar-refractivity contribution is 0.162. The highest BCUT2D eigenvalue weighted by Crippen LogP contribution is 2.37. The van der Waals surface area contributed by atoms with Gasteiger partial charge in [-0.2, -0.15) is 0 Å². The van der Waals surface area contributed by atoms with Gasteiger partial charge < -0.3 is 14.8 Å². The molecule has 0 fully saturated rings. The van der Waals surface area contributed by atoms with E-state index in [1.807, 2.05) is 30.0 Å². The first-order valence-electron chi connectivity index (χ1n) is 9.86. The Bertz CT molecular complexity index is 1020. The Hall–Kier alpha value is -3.01. The molecule has 4 rings (SSSR count). The number of benzene rings is 2. The fraction of sp³-hybridized carbons (Fsp3) is 0.292. The minimum Gasteiger partial charge on any atom is -0.318 e. The molecule has 0 aliphatic carbocycles. The molecule has 0 unspecified atom stereocenters. The predicted octanol–water partition coefficient (Wildman–Crippen LogP) is 5.84. The van der Waals surface area contributed by atoms with Gasteiger partial charge in [0.05, 0.1) is 18.3 Å². The van der Waals surface area contributed by atoms with Crippen molar-refractivity contribution in [3.63, 3.8) is 0 Å². The molecule has 2 heterocycles. The van der Waals surface area contributed by atoms with E-state index in [9.17, 15) is 4.79 Å². The summed E-state index contributed by atoms with van der Waals surface area (Å²) in [5.74, 6) is 0.285. The van der Waals surface area contributed by atoms with Gasteiger partial charge >= 0.3 is 6.03 Å². The minimum absolute atomic E-state index is 0.00634. The van der Waals surface area contributed by atoms with Crippen LogP contribution < -0.4 is 5.32 Å². The highest BCUT2D eigenvalue weighted by Gasteiger charge is 2.33. The van der Waals surface area contributed by atoms with Gasteiger partial charge in [0.15, 0.2) is 0 Å². The zero-order valence-corrected chi connectivity index (χ0v) is 16.9. The molecule has 144 valence electrons. The van der Waals surface area contributed by atoms with E-state index in [1.165, 1.54) is 5.56 Å². The first kappa shape index (κ1) is 18.4. The monoisotopic (exact) mass is 373 g/mol. The Balaban J connectivity index is 1.76. The summed E-state index contributed by atoms with van der Waals surface area (Å²) in [5, 5.41) is 3.15. The summed E-state index contributed by atoms with van der Waals surface area (Å²) in [4.78, 5) is 15.4. The maximum atomic E-state index is 13.4. The summed E-state index contributed by atoms with van der Waals surface area (Å²) < 4.78 is 2.23. The van der Waals surface area contributed by atoms with Gasteiger partial charge in [-0.05, 0) is 55.2 Å². The summed E-state index contributed by atoms with van der Waals surface area (Å²) in [7, 11) is 0. The standard InChI is InChI=1S/C24H27N3O/c1-16(2)23-22-10-7-13-26(22)21-9-6-5-8-19(21)15-27(23)24(28)25-20-12-11-17(3)14-18(20)4/h5-14,16,23H,15H2,1-4H3,(H,25,28)/t23-/m1/s1. The number of aryl methyl sites for hydroxylation is 2. The number of carbonyl (C=O) groups excluding carboxylic acids is 1. The zero-order valence-electron chi connectivity index (χ0n) is 16.9. The number of hydrogen-bond acceptors (Lipinski definition) is 1. The third-order valence-electron chi connectivity index (χ3n) is 5.53. The number of fused-ring (bicyclic) bond motifs is 3. The number of para-hydroxylation sites is 1. The summed E-state index contributed by atoms with van der Waals surface area (Å²) in [6, 6.07) is 18.6. The van der Waals surface area contributed by atoms with Crippen LogP contribution in [0.3, 0.4) is 0 Å². The number of aromatic nitrogens is 1. The van der Waals surface area contributed by atoms with Crippen LogP contribution in [0.5, 0.6) is 0 Å². The first-order chi connectivity index (χ1) is 13.5. The van der Waals surface area contributed by atoms with Crippen molar-refractivity contribution >= 4 is 11.7 Å². The molecule has 0 saturated carbocycles. The van der Waals surface area contributed by atoms with Gasteiger partial charge in [-0.25, -0.2) is 4.79 Å². The fourth-order valence-electron chi connectivity index (χ4n) is 4.22. The van der Waals surface area contributed by atoms with Gasteiger partial charge in [0.25, 0.3) is 0 Å². The van der Waals surface area contributed by atoms with Crippen molar-refractivity contribution in [2.45, 2.75) is 40.3 Å². The highest BCUT2D eigenvalue weighted by atomic mass is 16.2. The van der Waals surface area contributed by atoms with Gasteiger partial charge in [-0.3, -0.25) is 0 Å². The maximum absolute atomic E-state index is 13.4. The second kappa shape index (κ2) is 7.19. The van der Waals surface area contributed by atoms with E-state index < -0.39 is 0 Å². The molecule has 4 nitrogen and oxygen atoms in total. The second-order valence-electron chi connectivity index (χ2n) is 8.00. The predicted molar refractivity (Wildman–Crippen MR) is 114 cm³/mol. The lowest BCUT2D eigenvalue weighted by Gasteiger charge is -2.33. The van der Waals surface area contributed by atoms with Crippen LogP contribution >= 0.6 is 0 Å². The van der Waals surface area contributed by atoms with Crippen molar-refractivity contribution in [2.75, 3.05) is 5.32 Å². The van der Waals surface area contributed by atoms with Crippen LogP contribution in [0.25, 0.3) is 5.69 Å². The third-order valence-corrected chi connectivity index (χ3v) is 5.53. The molecule has 3 aromatic rings.